The Kier molecular flexibility index (Phi) is 20.4. The van der Waals surface area contributed by atoms with Crippen LogP contribution in [0.2, 0.25) is 0 Å². The summed E-state index contributed by atoms with van der Waals surface area (Å²) in [6, 6.07) is 59.8. The Morgan fingerprint density at radius 1 is 0.320 bits per heavy atom. The van der Waals surface area contributed by atoms with Crippen LogP contribution in [-0.2, 0) is 96.6 Å². The van der Waals surface area contributed by atoms with E-state index >= 15 is 0 Å². The van der Waals surface area contributed by atoms with Crippen LogP contribution < -0.4 is 0 Å². The molecule has 3 heterocycles. The third-order valence-corrected chi connectivity index (χ3v) is 13.7. The SMILES string of the molecule is O=C1CCCC(=O)OC[C@H]2O[C@H](C/C=C/C[C@H]3O[C@H](CO1)[C@H](OCc1ccccc1)[C@H](OCc1ccccc1)[C@H]3OCc1ccccc1)[C@H](OCc1ccccc1)[C@@H](OCc1ccccc1)[C@@H]2OCc1ccccc1. The van der Waals surface area contributed by atoms with Crippen LogP contribution in [0.4, 0.5) is 0 Å². The summed E-state index contributed by atoms with van der Waals surface area (Å²) in [7, 11) is 0. The summed E-state index contributed by atoms with van der Waals surface area (Å²) in [4.78, 5) is 27.1. The van der Waals surface area contributed by atoms with Crippen molar-refractivity contribution in [2.24, 2.45) is 0 Å². The summed E-state index contributed by atoms with van der Waals surface area (Å²) in [5.74, 6) is -0.945. The summed E-state index contributed by atoms with van der Waals surface area (Å²) in [6.45, 7) is 1.45. The number of carbonyl (C=O) groups excluding carboxylic acids is 2. The van der Waals surface area contributed by atoms with E-state index in [9.17, 15) is 9.59 Å². The zero-order valence-electron chi connectivity index (χ0n) is 42.3. The first-order valence-corrected chi connectivity index (χ1v) is 26.2. The van der Waals surface area contributed by atoms with E-state index in [0.29, 0.717) is 26.1 Å². The van der Waals surface area contributed by atoms with Gasteiger partial charge in [0, 0.05) is 12.8 Å². The van der Waals surface area contributed by atoms with Gasteiger partial charge in [0.25, 0.3) is 0 Å². The molecule has 4 bridgehead atoms. The van der Waals surface area contributed by atoms with Gasteiger partial charge in [0.05, 0.1) is 51.8 Å². The molecule has 6 aromatic rings. The van der Waals surface area contributed by atoms with Crippen molar-refractivity contribution in [3.63, 3.8) is 0 Å². The minimum Gasteiger partial charge on any atom is -0.463 e. The fourth-order valence-electron chi connectivity index (χ4n) is 9.75. The fourth-order valence-corrected chi connectivity index (χ4v) is 9.75. The Morgan fingerprint density at radius 3 is 0.827 bits per heavy atom. The van der Waals surface area contributed by atoms with Gasteiger partial charge in [0.2, 0.25) is 0 Å². The molecule has 392 valence electrons. The topological polar surface area (TPSA) is 126 Å². The highest BCUT2D eigenvalue weighted by molar-refractivity contribution is 5.72. The molecular formula is C63H68O12. The van der Waals surface area contributed by atoms with Crippen molar-refractivity contribution in [1.82, 2.24) is 0 Å². The Morgan fingerprint density at radius 2 is 0.560 bits per heavy atom. The second-order valence-corrected chi connectivity index (χ2v) is 19.2. The lowest BCUT2D eigenvalue weighted by molar-refractivity contribution is -0.270. The smallest absolute Gasteiger partial charge is 0.305 e. The van der Waals surface area contributed by atoms with Crippen LogP contribution >= 0.6 is 0 Å². The standard InChI is InChI=1S/C63H68O12/c64-56-36-21-37-57(65)67-45-55-61(71-41-49-28-13-4-14-29-49)63(73-43-51-32-17-6-18-33-51)59(69-39-47-24-9-2-10-25-47)53(75-55)35-20-19-34-52-58(68-38-46-22-7-1-8-23-46)62(72-42-50-30-15-5-16-31-50)60(54(74-52)44-66-56)70-40-48-26-11-3-12-27-48/h1-20,22-33,52-55,58-63H,21,34-45H2/b20-19+/t52-,53-,54-,55-,58+,59+,60-,61+,62-,63-/m1/s1. The maximum atomic E-state index is 13.5. The van der Waals surface area contributed by atoms with Gasteiger partial charge in [0.1, 0.15) is 62.0 Å². The molecule has 3 aliphatic heterocycles. The van der Waals surface area contributed by atoms with Crippen molar-refractivity contribution >= 4 is 11.9 Å². The largest absolute Gasteiger partial charge is 0.463 e. The lowest BCUT2D eigenvalue weighted by Gasteiger charge is -2.46. The van der Waals surface area contributed by atoms with Gasteiger partial charge < -0.3 is 47.4 Å². The van der Waals surface area contributed by atoms with Crippen LogP contribution in [0.15, 0.2) is 194 Å². The molecule has 12 heteroatoms. The van der Waals surface area contributed by atoms with Crippen LogP contribution in [0.5, 0.6) is 0 Å². The van der Waals surface area contributed by atoms with E-state index < -0.39 is 73.0 Å². The molecule has 2 saturated heterocycles. The predicted molar refractivity (Wildman–Crippen MR) is 282 cm³/mol. The van der Waals surface area contributed by atoms with E-state index in [4.69, 9.17) is 47.4 Å². The van der Waals surface area contributed by atoms with Gasteiger partial charge in [-0.25, -0.2) is 0 Å². The molecule has 6 aromatic carbocycles. The lowest BCUT2D eigenvalue weighted by Crippen LogP contribution is -2.61. The average molecular weight is 1020 g/mol. The van der Waals surface area contributed by atoms with E-state index in [1.807, 2.05) is 182 Å². The van der Waals surface area contributed by atoms with Crippen molar-refractivity contribution < 1.29 is 57.0 Å². The Bertz CT molecular complexity index is 2430. The normalized spacial score (nSPS) is 26.1. The van der Waals surface area contributed by atoms with Crippen LogP contribution in [0.25, 0.3) is 0 Å². The molecule has 75 heavy (non-hydrogen) atoms. The van der Waals surface area contributed by atoms with Crippen LogP contribution in [0.1, 0.15) is 65.5 Å². The number of esters is 2. The van der Waals surface area contributed by atoms with Crippen molar-refractivity contribution in [3.05, 3.63) is 228 Å². The molecule has 0 spiro atoms. The monoisotopic (exact) mass is 1020 g/mol. The Balaban J connectivity index is 1.05. The van der Waals surface area contributed by atoms with Crippen molar-refractivity contribution in [1.29, 1.82) is 0 Å². The van der Waals surface area contributed by atoms with Gasteiger partial charge in [-0.1, -0.05) is 194 Å². The number of benzene rings is 6. The summed E-state index contributed by atoms with van der Waals surface area (Å²) < 4.78 is 67.4. The fraction of sp³-hybridized carbons (Fsp3) is 0.365. The van der Waals surface area contributed by atoms with Crippen molar-refractivity contribution in [2.75, 3.05) is 13.2 Å². The molecule has 0 radical (unpaired) electrons. The third-order valence-electron chi connectivity index (χ3n) is 13.7. The van der Waals surface area contributed by atoms with Gasteiger partial charge >= 0.3 is 11.9 Å². The van der Waals surface area contributed by atoms with Crippen LogP contribution in [0.3, 0.4) is 0 Å². The molecule has 3 aliphatic rings. The molecule has 2 fully saturated rings. The number of cyclic esters (lactones) is 2. The molecule has 12 nitrogen and oxygen atoms in total. The van der Waals surface area contributed by atoms with Crippen molar-refractivity contribution in [3.8, 4) is 0 Å². The number of rotatable bonds is 18. The second-order valence-electron chi connectivity index (χ2n) is 19.2. The number of hydrogen-bond donors (Lipinski definition) is 0. The molecule has 0 aromatic heterocycles. The molecule has 0 saturated carbocycles. The molecule has 9 rings (SSSR count). The first-order valence-electron chi connectivity index (χ1n) is 26.2. The second kappa shape index (κ2) is 28.5. The van der Waals surface area contributed by atoms with Gasteiger partial charge in [-0.2, -0.15) is 0 Å². The van der Waals surface area contributed by atoms with E-state index in [2.05, 4.69) is 12.2 Å². The molecule has 0 N–H and O–H groups in total. The quantitative estimate of drug-likeness (QED) is 0.0601. The summed E-state index contributed by atoms with van der Waals surface area (Å²) in [5, 5.41) is 0. The maximum Gasteiger partial charge on any atom is 0.305 e. The summed E-state index contributed by atoms with van der Waals surface area (Å²) in [6.07, 6.45) is -1.49. The predicted octanol–water partition coefficient (Wildman–Crippen LogP) is 10.6. The minimum absolute atomic E-state index is 0.0130. The molecule has 10 atom stereocenters. The van der Waals surface area contributed by atoms with Gasteiger partial charge in [-0.05, 0) is 52.6 Å². The number of ether oxygens (including phenoxy) is 10. The molecule has 0 amide bonds. The highest BCUT2D eigenvalue weighted by atomic mass is 16.6. The number of carbonyl (C=O) groups is 2. The first kappa shape index (κ1) is 53.5. The molecular weight excluding hydrogens is 949 g/mol. The number of fused-ring (bicyclic) bond motifs is 4. The van der Waals surface area contributed by atoms with Crippen molar-refractivity contribution in [2.45, 2.75) is 133 Å². The first-order chi connectivity index (χ1) is 37.0. The average Bonchev–Trinajstić information content (AvgIpc) is 3.46. The Hall–Kier alpha value is -6.32. The highest BCUT2D eigenvalue weighted by Gasteiger charge is 2.50. The van der Waals surface area contributed by atoms with Gasteiger partial charge in [-0.3, -0.25) is 9.59 Å². The van der Waals surface area contributed by atoms with Gasteiger partial charge in [-0.15, -0.1) is 0 Å². The molecule has 0 unspecified atom stereocenters. The third kappa shape index (κ3) is 16.1. The lowest BCUT2D eigenvalue weighted by atomic mass is 9.91. The highest BCUT2D eigenvalue weighted by Crippen LogP contribution is 2.35. The van der Waals surface area contributed by atoms with E-state index in [1.165, 1.54) is 0 Å². The Labute approximate surface area is 440 Å². The summed E-state index contributed by atoms with van der Waals surface area (Å²) >= 11 is 0. The summed E-state index contributed by atoms with van der Waals surface area (Å²) in [5.41, 5.74) is 5.88. The molecule has 0 aliphatic carbocycles. The van der Waals surface area contributed by atoms with Crippen LogP contribution in [0, 0.1) is 0 Å². The van der Waals surface area contributed by atoms with Crippen LogP contribution in [-0.4, -0.2) is 86.2 Å². The van der Waals surface area contributed by atoms with E-state index in [0.717, 1.165) is 33.4 Å². The minimum atomic E-state index is -0.742. The number of hydrogen-bond acceptors (Lipinski definition) is 12. The zero-order chi connectivity index (χ0) is 51.3. The van der Waals surface area contributed by atoms with E-state index in [1.54, 1.807) is 0 Å². The van der Waals surface area contributed by atoms with Gasteiger partial charge in [0.15, 0.2) is 0 Å². The van der Waals surface area contributed by atoms with E-state index in [-0.39, 0.29) is 58.9 Å². The zero-order valence-corrected chi connectivity index (χ0v) is 42.3. The maximum absolute atomic E-state index is 13.5.